The van der Waals surface area contributed by atoms with E-state index in [0.717, 1.165) is 44.9 Å². The molecule has 0 aromatic rings. The number of amides is 1. The van der Waals surface area contributed by atoms with Crippen LogP contribution >= 0.6 is 0 Å². The van der Waals surface area contributed by atoms with Gasteiger partial charge >= 0.3 is 0 Å². The van der Waals surface area contributed by atoms with Gasteiger partial charge in [-0.3, -0.25) is 4.79 Å². The monoisotopic (exact) mass is 934 g/mol. The molecule has 1 amide bonds. The maximum atomic E-state index is 13.0. The van der Waals surface area contributed by atoms with Gasteiger partial charge < -0.3 is 40.3 Å². The first-order valence-corrected chi connectivity index (χ1v) is 28.2. The highest BCUT2D eigenvalue weighted by Crippen LogP contribution is 2.23. The normalized spacial score (nSPS) is 20.0. The zero-order chi connectivity index (χ0) is 48.0. The molecule has 1 saturated heterocycles. The van der Waals surface area contributed by atoms with Gasteiger partial charge in [0.25, 0.3) is 0 Å². The molecule has 1 aliphatic rings. The SMILES string of the molecule is CCCCCCCCCC/C=C/CC/C=C/CC/C=C/C(O)C(COC1OC(CO)C(O)C(O)C1O)NC(=O)CCCCCCCCCCCCCCCCCCCCCCCCCCC. The van der Waals surface area contributed by atoms with Crippen LogP contribution < -0.4 is 5.32 Å². The van der Waals surface area contributed by atoms with Gasteiger partial charge in [-0.15, -0.1) is 0 Å². The van der Waals surface area contributed by atoms with Crippen LogP contribution in [0.4, 0.5) is 0 Å². The number of hydrogen-bond acceptors (Lipinski definition) is 8. The summed E-state index contributed by atoms with van der Waals surface area (Å²) in [6.07, 6.45) is 53.5. The standard InChI is InChI=1S/C57H107NO8/c1-3-5-7-9-11-13-15-17-19-21-23-24-25-26-27-28-29-31-33-35-37-39-41-43-45-47-53(61)58-50(49-65-57-56(64)55(63)54(62)52(48-59)66-57)51(60)46-44-42-40-38-36-34-32-30-22-20-18-16-14-12-10-8-6-4-2/h22,30,36,38,44,46,50-52,54-57,59-60,62-64H,3-21,23-29,31-35,37,39-43,45,47-49H2,1-2H3,(H,58,61)/b30-22+,38-36+,46-44+. The Bertz CT molecular complexity index is 1130. The van der Waals surface area contributed by atoms with Gasteiger partial charge in [-0.1, -0.05) is 249 Å². The highest BCUT2D eigenvalue weighted by Gasteiger charge is 2.44. The Labute approximate surface area is 406 Å². The third kappa shape index (κ3) is 36.4. The van der Waals surface area contributed by atoms with Gasteiger partial charge in [-0.25, -0.2) is 0 Å². The lowest BCUT2D eigenvalue weighted by Gasteiger charge is -2.40. The van der Waals surface area contributed by atoms with Gasteiger partial charge in [0.15, 0.2) is 6.29 Å². The Morgan fingerprint density at radius 2 is 0.864 bits per heavy atom. The second-order valence-corrected chi connectivity index (χ2v) is 19.7. The fourth-order valence-corrected chi connectivity index (χ4v) is 8.96. The maximum Gasteiger partial charge on any atom is 0.220 e. The predicted molar refractivity (Wildman–Crippen MR) is 276 cm³/mol. The number of hydrogen-bond donors (Lipinski definition) is 6. The average molecular weight is 934 g/mol. The molecule has 0 spiro atoms. The van der Waals surface area contributed by atoms with Crippen molar-refractivity contribution in [2.75, 3.05) is 13.2 Å². The fourth-order valence-electron chi connectivity index (χ4n) is 8.96. The minimum atomic E-state index is -1.57. The van der Waals surface area contributed by atoms with Crippen molar-refractivity contribution in [1.29, 1.82) is 0 Å². The molecule has 9 heteroatoms. The van der Waals surface area contributed by atoms with Gasteiger partial charge in [-0.2, -0.15) is 0 Å². The van der Waals surface area contributed by atoms with E-state index >= 15 is 0 Å². The summed E-state index contributed by atoms with van der Waals surface area (Å²) < 4.78 is 11.2. The summed E-state index contributed by atoms with van der Waals surface area (Å²) >= 11 is 0. The highest BCUT2D eigenvalue weighted by molar-refractivity contribution is 5.76. The van der Waals surface area contributed by atoms with E-state index < -0.39 is 49.5 Å². The lowest BCUT2D eigenvalue weighted by molar-refractivity contribution is -0.302. The van der Waals surface area contributed by atoms with E-state index in [1.54, 1.807) is 6.08 Å². The molecule has 0 bridgehead atoms. The number of aliphatic hydroxyl groups is 5. The van der Waals surface area contributed by atoms with Gasteiger partial charge in [0.2, 0.25) is 5.91 Å². The molecular formula is C57H107NO8. The molecule has 0 radical (unpaired) electrons. The summed E-state index contributed by atoms with van der Waals surface area (Å²) in [4.78, 5) is 13.0. The van der Waals surface area contributed by atoms with Gasteiger partial charge in [0, 0.05) is 6.42 Å². The Morgan fingerprint density at radius 3 is 1.27 bits per heavy atom. The summed E-state index contributed by atoms with van der Waals surface area (Å²) in [5.41, 5.74) is 0. The maximum absolute atomic E-state index is 13.0. The molecule has 0 saturated carbocycles. The van der Waals surface area contributed by atoms with E-state index in [4.69, 9.17) is 9.47 Å². The van der Waals surface area contributed by atoms with E-state index in [9.17, 15) is 30.3 Å². The summed E-state index contributed by atoms with van der Waals surface area (Å²) in [5.74, 6) is -0.186. The van der Waals surface area contributed by atoms with Crippen LogP contribution in [0.25, 0.3) is 0 Å². The Kier molecular flexibility index (Phi) is 44.6. The first-order valence-electron chi connectivity index (χ1n) is 28.2. The first kappa shape index (κ1) is 62.4. The smallest absolute Gasteiger partial charge is 0.220 e. The number of nitrogens with one attached hydrogen (secondary N) is 1. The van der Waals surface area contributed by atoms with Gasteiger partial charge in [0.05, 0.1) is 25.4 Å². The topological polar surface area (TPSA) is 149 Å². The number of aliphatic hydroxyl groups excluding tert-OH is 5. The van der Waals surface area contributed by atoms with Crippen molar-refractivity contribution in [2.24, 2.45) is 0 Å². The van der Waals surface area contributed by atoms with Crippen LogP contribution in [-0.4, -0.2) is 87.5 Å². The molecule has 388 valence electrons. The number of carbonyl (C=O) groups excluding carboxylic acids is 1. The molecule has 7 atom stereocenters. The van der Waals surface area contributed by atoms with Crippen molar-refractivity contribution in [2.45, 2.75) is 307 Å². The zero-order valence-corrected chi connectivity index (χ0v) is 43.0. The lowest BCUT2D eigenvalue weighted by atomic mass is 9.99. The summed E-state index contributed by atoms with van der Waals surface area (Å²) in [5, 5.41) is 54.4. The Balaban J connectivity index is 2.24. The Morgan fingerprint density at radius 1 is 0.500 bits per heavy atom. The molecule has 0 aromatic heterocycles. The van der Waals surface area contributed by atoms with Crippen molar-refractivity contribution in [1.82, 2.24) is 5.32 Å². The van der Waals surface area contributed by atoms with E-state index in [2.05, 4.69) is 43.5 Å². The van der Waals surface area contributed by atoms with Gasteiger partial charge in [0.1, 0.15) is 24.4 Å². The van der Waals surface area contributed by atoms with Crippen LogP contribution in [0.5, 0.6) is 0 Å². The molecule has 1 rings (SSSR count). The van der Waals surface area contributed by atoms with Crippen molar-refractivity contribution in [3.8, 4) is 0 Å². The van der Waals surface area contributed by atoms with Crippen LogP contribution in [-0.2, 0) is 14.3 Å². The molecule has 0 aliphatic carbocycles. The predicted octanol–water partition coefficient (Wildman–Crippen LogP) is 13.6. The molecule has 66 heavy (non-hydrogen) atoms. The summed E-state index contributed by atoms with van der Waals surface area (Å²) in [6, 6.07) is -0.826. The molecule has 1 fully saturated rings. The lowest BCUT2D eigenvalue weighted by Crippen LogP contribution is -2.60. The minimum absolute atomic E-state index is 0.186. The van der Waals surface area contributed by atoms with E-state index in [1.165, 1.54) is 199 Å². The average Bonchev–Trinajstić information content (AvgIpc) is 3.32. The van der Waals surface area contributed by atoms with Crippen molar-refractivity contribution in [3.63, 3.8) is 0 Å². The first-order chi connectivity index (χ1) is 32.3. The molecule has 0 aromatic carbocycles. The number of rotatable bonds is 48. The second-order valence-electron chi connectivity index (χ2n) is 19.7. The quantitative estimate of drug-likeness (QED) is 0.0261. The summed E-state index contributed by atoms with van der Waals surface area (Å²) in [7, 11) is 0. The van der Waals surface area contributed by atoms with Gasteiger partial charge in [-0.05, 0) is 44.9 Å². The Hall–Kier alpha value is -1.59. The number of allylic oxidation sites excluding steroid dienone is 5. The van der Waals surface area contributed by atoms with Crippen molar-refractivity contribution < 1.29 is 39.8 Å². The van der Waals surface area contributed by atoms with Crippen LogP contribution in [0.2, 0.25) is 0 Å². The minimum Gasteiger partial charge on any atom is -0.394 e. The number of carbonyl (C=O) groups is 1. The number of unbranched alkanes of at least 4 members (excludes halogenated alkanes) is 34. The van der Waals surface area contributed by atoms with Crippen molar-refractivity contribution in [3.05, 3.63) is 36.5 Å². The highest BCUT2D eigenvalue weighted by atomic mass is 16.7. The molecule has 1 heterocycles. The molecule has 6 N–H and O–H groups in total. The second kappa shape index (κ2) is 47.1. The molecule has 9 nitrogen and oxygen atoms in total. The van der Waals surface area contributed by atoms with Crippen LogP contribution in [0.1, 0.15) is 264 Å². The fraction of sp³-hybridized carbons (Fsp3) is 0.877. The zero-order valence-electron chi connectivity index (χ0n) is 43.0. The van der Waals surface area contributed by atoms with Crippen LogP contribution in [0.15, 0.2) is 36.5 Å². The molecular weight excluding hydrogens is 827 g/mol. The largest absolute Gasteiger partial charge is 0.394 e. The molecule has 7 unspecified atom stereocenters. The molecule has 1 aliphatic heterocycles. The van der Waals surface area contributed by atoms with E-state index in [-0.39, 0.29) is 12.5 Å². The van der Waals surface area contributed by atoms with E-state index in [1.807, 2.05) is 6.08 Å². The third-order valence-corrected chi connectivity index (χ3v) is 13.4. The third-order valence-electron chi connectivity index (χ3n) is 13.4. The van der Waals surface area contributed by atoms with Crippen LogP contribution in [0.3, 0.4) is 0 Å². The van der Waals surface area contributed by atoms with Crippen molar-refractivity contribution >= 4 is 5.91 Å². The van der Waals surface area contributed by atoms with E-state index in [0.29, 0.717) is 6.42 Å². The number of ether oxygens (including phenoxy) is 2. The van der Waals surface area contributed by atoms with Crippen LogP contribution in [0, 0.1) is 0 Å². The summed E-state index contributed by atoms with van der Waals surface area (Å²) in [6.45, 7) is 3.78.